The fourth-order valence-corrected chi connectivity index (χ4v) is 3.95. The molecule has 0 spiro atoms. The second kappa shape index (κ2) is 4.67. The van der Waals surface area contributed by atoms with Gasteiger partial charge in [0.25, 0.3) is 0 Å². The Morgan fingerprint density at radius 1 is 1.21 bits per heavy atom. The lowest BCUT2D eigenvalue weighted by atomic mass is 9.93. The number of fused-ring (bicyclic) bond motifs is 1. The Bertz CT molecular complexity index is 586. The van der Waals surface area contributed by atoms with Crippen LogP contribution in [0.1, 0.15) is 43.2 Å². The van der Waals surface area contributed by atoms with E-state index in [9.17, 15) is 0 Å². The van der Waals surface area contributed by atoms with Gasteiger partial charge in [0.1, 0.15) is 0 Å². The SMILES string of the molecule is c1cn2c([C@@H]3CCCS3)nnc2c(NC2CCC2)n1. The maximum absolute atomic E-state index is 4.43. The van der Waals surface area contributed by atoms with Crippen molar-refractivity contribution in [3.05, 3.63) is 18.2 Å². The largest absolute Gasteiger partial charge is 0.364 e. The highest BCUT2D eigenvalue weighted by Gasteiger charge is 2.24. The molecule has 100 valence electrons. The summed E-state index contributed by atoms with van der Waals surface area (Å²) in [5, 5.41) is 12.7. The van der Waals surface area contributed by atoms with Crippen molar-refractivity contribution in [2.24, 2.45) is 0 Å². The van der Waals surface area contributed by atoms with E-state index in [4.69, 9.17) is 0 Å². The molecule has 1 saturated carbocycles. The molecular formula is C13H17N5S. The maximum Gasteiger partial charge on any atom is 0.203 e. The van der Waals surface area contributed by atoms with Gasteiger partial charge in [-0.25, -0.2) is 4.98 Å². The Balaban J connectivity index is 1.70. The average Bonchev–Trinajstić information content (AvgIpc) is 3.01. The number of nitrogens with zero attached hydrogens (tertiary/aromatic N) is 4. The summed E-state index contributed by atoms with van der Waals surface area (Å²) in [5.41, 5.74) is 0.872. The Hall–Kier alpha value is -1.30. The number of aromatic nitrogens is 4. The van der Waals surface area contributed by atoms with Crippen LogP contribution in [0.5, 0.6) is 0 Å². The summed E-state index contributed by atoms with van der Waals surface area (Å²) >= 11 is 1.99. The summed E-state index contributed by atoms with van der Waals surface area (Å²) in [5.74, 6) is 3.20. The quantitative estimate of drug-likeness (QED) is 0.933. The van der Waals surface area contributed by atoms with E-state index in [0.29, 0.717) is 11.3 Å². The fraction of sp³-hybridized carbons (Fsp3) is 0.615. The Labute approximate surface area is 116 Å². The van der Waals surface area contributed by atoms with Gasteiger partial charge in [-0.3, -0.25) is 4.40 Å². The Morgan fingerprint density at radius 2 is 2.16 bits per heavy atom. The number of anilines is 1. The van der Waals surface area contributed by atoms with Gasteiger partial charge in [0.15, 0.2) is 11.6 Å². The van der Waals surface area contributed by atoms with Crippen molar-refractivity contribution >= 4 is 23.2 Å². The molecule has 5 nitrogen and oxygen atoms in total. The highest BCUT2D eigenvalue weighted by atomic mass is 32.2. The van der Waals surface area contributed by atoms with E-state index in [1.165, 1.54) is 37.9 Å². The molecule has 1 aliphatic heterocycles. The monoisotopic (exact) mass is 275 g/mol. The molecule has 1 saturated heterocycles. The second-order valence-corrected chi connectivity index (χ2v) is 6.61. The smallest absolute Gasteiger partial charge is 0.203 e. The zero-order chi connectivity index (χ0) is 12.7. The molecule has 2 aromatic rings. The van der Waals surface area contributed by atoms with E-state index in [0.717, 1.165) is 17.3 Å². The van der Waals surface area contributed by atoms with Gasteiger partial charge in [-0.15, -0.1) is 10.2 Å². The molecule has 2 fully saturated rings. The van der Waals surface area contributed by atoms with Gasteiger partial charge in [-0.2, -0.15) is 11.8 Å². The lowest BCUT2D eigenvalue weighted by molar-refractivity contribution is 0.444. The second-order valence-electron chi connectivity index (χ2n) is 5.30. The number of hydrogen-bond donors (Lipinski definition) is 1. The van der Waals surface area contributed by atoms with Crippen LogP contribution in [0.25, 0.3) is 5.65 Å². The van der Waals surface area contributed by atoms with E-state index in [1.54, 1.807) is 0 Å². The van der Waals surface area contributed by atoms with Crippen LogP contribution in [0.4, 0.5) is 5.82 Å². The zero-order valence-corrected chi connectivity index (χ0v) is 11.6. The molecule has 0 bridgehead atoms. The summed E-state index contributed by atoms with van der Waals surface area (Å²) < 4.78 is 2.11. The van der Waals surface area contributed by atoms with Crippen LogP contribution in [0, 0.1) is 0 Å². The van der Waals surface area contributed by atoms with Crippen LogP contribution in [0.2, 0.25) is 0 Å². The Kier molecular flexibility index (Phi) is 2.83. The molecule has 2 aromatic heterocycles. The normalized spacial score (nSPS) is 23.7. The lowest BCUT2D eigenvalue weighted by Crippen LogP contribution is -2.27. The molecule has 3 heterocycles. The molecule has 0 amide bonds. The molecule has 1 aliphatic carbocycles. The number of rotatable bonds is 3. The van der Waals surface area contributed by atoms with Crippen molar-refractivity contribution in [1.82, 2.24) is 19.6 Å². The van der Waals surface area contributed by atoms with Gasteiger partial charge in [0.2, 0.25) is 5.65 Å². The summed E-state index contributed by atoms with van der Waals surface area (Å²) in [6.07, 6.45) is 10.1. The predicted octanol–water partition coefficient (Wildman–Crippen LogP) is 2.66. The van der Waals surface area contributed by atoms with Gasteiger partial charge >= 0.3 is 0 Å². The van der Waals surface area contributed by atoms with Gasteiger partial charge in [-0.05, 0) is 37.9 Å². The first-order valence-corrected chi connectivity index (χ1v) is 8.04. The molecule has 1 N–H and O–H groups in total. The van der Waals surface area contributed by atoms with Crippen LogP contribution in [0.15, 0.2) is 12.4 Å². The molecule has 1 atom stereocenters. The first kappa shape index (κ1) is 11.5. The van der Waals surface area contributed by atoms with Crippen LogP contribution in [0.3, 0.4) is 0 Å². The molecule has 0 radical (unpaired) electrons. The van der Waals surface area contributed by atoms with Crippen molar-refractivity contribution in [1.29, 1.82) is 0 Å². The molecule has 4 rings (SSSR count). The minimum atomic E-state index is 0.494. The lowest BCUT2D eigenvalue weighted by Gasteiger charge is -2.26. The average molecular weight is 275 g/mol. The third-order valence-electron chi connectivity index (χ3n) is 4.02. The number of hydrogen-bond acceptors (Lipinski definition) is 5. The van der Waals surface area contributed by atoms with E-state index in [2.05, 4.69) is 24.9 Å². The highest BCUT2D eigenvalue weighted by Crippen LogP contribution is 2.39. The van der Waals surface area contributed by atoms with Crippen molar-refractivity contribution in [3.63, 3.8) is 0 Å². The molecule has 19 heavy (non-hydrogen) atoms. The van der Waals surface area contributed by atoms with Crippen molar-refractivity contribution in [2.45, 2.75) is 43.4 Å². The van der Waals surface area contributed by atoms with E-state index in [-0.39, 0.29) is 0 Å². The van der Waals surface area contributed by atoms with Crippen LogP contribution < -0.4 is 5.32 Å². The van der Waals surface area contributed by atoms with Crippen LogP contribution in [-0.4, -0.2) is 31.4 Å². The summed E-state index contributed by atoms with van der Waals surface area (Å²) in [6.45, 7) is 0. The zero-order valence-electron chi connectivity index (χ0n) is 10.7. The van der Waals surface area contributed by atoms with E-state index < -0.39 is 0 Å². The van der Waals surface area contributed by atoms with Crippen molar-refractivity contribution < 1.29 is 0 Å². The topological polar surface area (TPSA) is 55.1 Å². The summed E-state index contributed by atoms with van der Waals surface area (Å²) in [4.78, 5) is 4.43. The maximum atomic E-state index is 4.43. The summed E-state index contributed by atoms with van der Waals surface area (Å²) in [6, 6.07) is 0.569. The standard InChI is InChI=1S/C13H17N5S/c1-3-9(4-1)15-11-13-17-16-12(10-5-2-8-19-10)18(13)7-6-14-11/h6-7,9-10H,1-5,8H2,(H,14,15)/t10-/m0/s1. The van der Waals surface area contributed by atoms with Gasteiger partial charge in [0.05, 0.1) is 5.25 Å². The molecular weight excluding hydrogens is 258 g/mol. The third kappa shape index (κ3) is 1.98. The van der Waals surface area contributed by atoms with Gasteiger partial charge < -0.3 is 5.32 Å². The van der Waals surface area contributed by atoms with Crippen molar-refractivity contribution in [3.8, 4) is 0 Å². The van der Waals surface area contributed by atoms with E-state index in [1.807, 2.05) is 24.2 Å². The highest BCUT2D eigenvalue weighted by molar-refractivity contribution is 7.99. The Morgan fingerprint density at radius 3 is 2.89 bits per heavy atom. The summed E-state index contributed by atoms with van der Waals surface area (Å²) in [7, 11) is 0. The fourth-order valence-electron chi connectivity index (χ4n) is 2.69. The first-order chi connectivity index (χ1) is 9.42. The number of nitrogens with one attached hydrogen (secondary N) is 1. The van der Waals surface area contributed by atoms with Crippen molar-refractivity contribution in [2.75, 3.05) is 11.1 Å². The molecule has 0 aromatic carbocycles. The van der Waals surface area contributed by atoms with Gasteiger partial charge in [-0.1, -0.05) is 0 Å². The molecule has 6 heteroatoms. The van der Waals surface area contributed by atoms with E-state index >= 15 is 0 Å². The van der Waals surface area contributed by atoms with Crippen LogP contribution in [-0.2, 0) is 0 Å². The minimum absolute atomic E-state index is 0.494. The van der Waals surface area contributed by atoms with Gasteiger partial charge in [0, 0.05) is 18.4 Å². The first-order valence-electron chi connectivity index (χ1n) is 6.99. The molecule has 0 unspecified atom stereocenters. The third-order valence-corrected chi connectivity index (χ3v) is 5.39. The van der Waals surface area contributed by atoms with Crippen LogP contribution >= 0.6 is 11.8 Å². The number of thioether (sulfide) groups is 1. The molecule has 2 aliphatic rings. The predicted molar refractivity (Wildman–Crippen MR) is 76.5 cm³/mol. The minimum Gasteiger partial charge on any atom is -0.364 e.